The second-order valence-electron chi connectivity index (χ2n) is 3.88. The van der Waals surface area contributed by atoms with Gasteiger partial charge in [-0.3, -0.25) is 4.79 Å². The average Bonchev–Trinajstić information content (AvgIpc) is 2.35. The highest BCUT2D eigenvalue weighted by atomic mass is 32.2. The molecule has 2 N–H and O–H groups in total. The van der Waals surface area contributed by atoms with Crippen LogP contribution in [0.1, 0.15) is 22.3 Å². The fourth-order valence-corrected chi connectivity index (χ4v) is 1.89. The molecule has 98 valence electrons. The molecular weight excluding hydrogens is 250 g/mol. The van der Waals surface area contributed by atoms with E-state index in [4.69, 9.17) is 5.11 Å². The third-order valence-electron chi connectivity index (χ3n) is 2.41. The highest BCUT2D eigenvalue weighted by Gasteiger charge is 2.05. The molecule has 0 aliphatic heterocycles. The van der Waals surface area contributed by atoms with Crippen LogP contribution in [0.15, 0.2) is 24.3 Å². The zero-order valence-electron chi connectivity index (χ0n) is 10.3. The van der Waals surface area contributed by atoms with Crippen LogP contribution in [0.2, 0.25) is 0 Å². The molecule has 0 aliphatic carbocycles. The largest absolute Gasteiger partial charge is 0.478 e. The second kappa shape index (κ2) is 7.76. The molecule has 0 heterocycles. The highest BCUT2D eigenvalue weighted by molar-refractivity contribution is 7.98. The summed E-state index contributed by atoms with van der Waals surface area (Å²) in [6, 6.07) is 6.37. The van der Waals surface area contributed by atoms with E-state index in [9.17, 15) is 9.59 Å². The van der Waals surface area contributed by atoms with E-state index in [0.717, 1.165) is 17.7 Å². The normalized spacial score (nSPS) is 10.1. The molecule has 5 heteroatoms. The van der Waals surface area contributed by atoms with Crippen LogP contribution >= 0.6 is 11.8 Å². The summed E-state index contributed by atoms with van der Waals surface area (Å²) in [6.45, 7) is 0.687. The molecule has 1 amide bonds. The molecule has 18 heavy (non-hydrogen) atoms. The molecular formula is C13H17NO3S. The Balaban J connectivity index is 2.37. The van der Waals surface area contributed by atoms with Gasteiger partial charge in [-0.25, -0.2) is 4.79 Å². The van der Waals surface area contributed by atoms with Crippen molar-refractivity contribution in [2.75, 3.05) is 18.6 Å². The van der Waals surface area contributed by atoms with E-state index in [2.05, 4.69) is 5.32 Å². The smallest absolute Gasteiger partial charge is 0.335 e. The Kier molecular flexibility index (Phi) is 6.28. The van der Waals surface area contributed by atoms with Crippen molar-refractivity contribution in [3.05, 3.63) is 35.4 Å². The first-order chi connectivity index (χ1) is 8.63. The molecule has 4 nitrogen and oxygen atoms in total. The number of thioether (sulfide) groups is 1. The van der Waals surface area contributed by atoms with Crippen molar-refractivity contribution in [1.82, 2.24) is 5.32 Å². The van der Waals surface area contributed by atoms with Crippen molar-refractivity contribution >= 4 is 23.6 Å². The van der Waals surface area contributed by atoms with Gasteiger partial charge >= 0.3 is 5.97 Å². The summed E-state index contributed by atoms with van der Waals surface area (Å²) in [5.74, 6) is 0.0513. The molecule has 0 unspecified atom stereocenters. The fourth-order valence-electron chi connectivity index (χ4n) is 1.46. The standard InChI is InChI=1S/C13H17NO3S/c1-18-8-2-7-14-12(15)9-10-3-5-11(6-4-10)13(16)17/h3-6H,2,7-9H2,1H3,(H,14,15)(H,16,17). The highest BCUT2D eigenvalue weighted by Crippen LogP contribution is 2.05. The lowest BCUT2D eigenvalue weighted by molar-refractivity contribution is -0.120. The molecule has 0 fully saturated rings. The van der Waals surface area contributed by atoms with Crippen LogP contribution in [0.4, 0.5) is 0 Å². The molecule has 0 radical (unpaired) electrons. The summed E-state index contributed by atoms with van der Waals surface area (Å²) >= 11 is 1.75. The number of hydrogen-bond donors (Lipinski definition) is 2. The fraction of sp³-hybridized carbons (Fsp3) is 0.385. The van der Waals surface area contributed by atoms with E-state index in [1.54, 1.807) is 23.9 Å². The summed E-state index contributed by atoms with van der Waals surface area (Å²) in [5.41, 5.74) is 1.06. The summed E-state index contributed by atoms with van der Waals surface area (Å²) in [5, 5.41) is 11.6. The van der Waals surface area contributed by atoms with Gasteiger partial charge in [0.1, 0.15) is 0 Å². The minimum atomic E-state index is -0.955. The first-order valence-electron chi connectivity index (χ1n) is 5.71. The van der Waals surface area contributed by atoms with Crippen LogP contribution in [0, 0.1) is 0 Å². The Bertz CT molecular complexity index is 403. The number of carbonyl (C=O) groups is 2. The Morgan fingerprint density at radius 1 is 1.28 bits per heavy atom. The lowest BCUT2D eigenvalue weighted by Gasteiger charge is -2.05. The molecule has 1 aromatic rings. The van der Waals surface area contributed by atoms with Crippen LogP contribution in [0.5, 0.6) is 0 Å². The van der Waals surface area contributed by atoms with Crippen molar-refractivity contribution in [2.24, 2.45) is 0 Å². The van der Waals surface area contributed by atoms with E-state index in [1.165, 1.54) is 12.1 Å². The monoisotopic (exact) mass is 267 g/mol. The van der Waals surface area contributed by atoms with E-state index >= 15 is 0 Å². The van der Waals surface area contributed by atoms with Gasteiger partial charge in [0.15, 0.2) is 0 Å². The van der Waals surface area contributed by atoms with Gasteiger partial charge in [-0.05, 0) is 36.1 Å². The van der Waals surface area contributed by atoms with Crippen LogP contribution in [0.25, 0.3) is 0 Å². The van der Waals surface area contributed by atoms with Gasteiger partial charge in [-0.2, -0.15) is 11.8 Å². The summed E-state index contributed by atoms with van der Waals surface area (Å²) < 4.78 is 0. The van der Waals surface area contributed by atoms with E-state index in [0.29, 0.717) is 13.0 Å². The lowest BCUT2D eigenvalue weighted by atomic mass is 10.1. The Morgan fingerprint density at radius 3 is 2.50 bits per heavy atom. The Morgan fingerprint density at radius 2 is 1.94 bits per heavy atom. The van der Waals surface area contributed by atoms with Crippen molar-refractivity contribution < 1.29 is 14.7 Å². The van der Waals surface area contributed by atoms with Crippen molar-refractivity contribution in [3.63, 3.8) is 0 Å². The number of carboxylic acids is 1. The minimum absolute atomic E-state index is 0.0285. The van der Waals surface area contributed by atoms with Crippen LogP contribution in [-0.2, 0) is 11.2 Å². The first kappa shape index (κ1) is 14.6. The van der Waals surface area contributed by atoms with Crippen molar-refractivity contribution in [1.29, 1.82) is 0 Å². The van der Waals surface area contributed by atoms with E-state index in [-0.39, 0.29) is 11.5 Å². The number of nitrogens with one attached hydrogen (secondary N) is 1. The summed E-state index contributed by atoms with van der Waals surface area (Å²) in [6.07, 6.45) is 3.29. The third kappa shape index (κ3) is 5.23. The van der Waals surface area contributed by atoms with Crippen LogP contribution < -0.4 is 5.32 Å². The number of amides is 1. The molecule has 0 bridgehead atoms. The molecule has 0 saturated carbocycles. The summed E-state index contributed by atoms with van der Waals surface area (Å²) in [7, 11) is 0. The lowest BCUT2D eigenvalue weighted by Crippen LogP contribution is -2.26. The Labute approximate surface area is 111 Å². The van der Waals surface area contributed by atoms with Gasteiger partial charge in [0.25, 0.3) is 0 Å². The van der Waals surface area contributed by atoms with Gasteiger partial charge in [-0.1, -0.05) is 12.1 Å². The molecule has 1 aromatic carbocycles. The zero-order chi connectivity index (χ0) is 13.4. The number of hydrogen-bond acceptors (Lipinski definition) is 3. The quantitative estimate of drug-likeness (QED) is 0.739. The molecule has 1 rings (SSSR count). The van der Waals surface area contributed by atoms with E-state index < -0.39 is 5.97 Å². The van der Waals surface area contributed by atoms with Crippen LogP contribution in [0.3, 0.4) is 0 Å². The zero-order valence-corrected chi connectivity index (χ0v) is 11.1. The number of aromatic carboxylic acids is 1. The first-order valence-corrected chi connectivity index (χ1v) is 7.10. The number of rotatable bonds is 7. The van der Waals surface area contributed by atoms with Gasteiger partial charge in [0.2, 0.25) is 5.91 Å². The molecule has 0 spiro atoms. The average molecular weight is 267 g/mol. The van der Waals surface area contributed by atoms with Crippen molar-refractivity contribution in [2.45, 2.75) is 12.8 Å². The number of carbonyl (C=O) groups excluding carboxylic acids is 1. The SMILES string of the molecule is CSCCCNC(=O)Cc1ccc(C(=O)O)cc1. The van der Waals surface area contributed by atoms with Crippen LogP contribution in [-0.4, -0.2) is 35.5 Å². The van der Waals surface area contributed by atoms with Gasteiger partial charge in [-0.15, -0.1) is 0 Å². The molecule has 0 atom stereocenters. The third-order valence-corrected chi connectivity index (χ3v) is 3.11. The topological polar surface area (TPSA) is 66.4 Å². The maximum atomic E-state index is 11.6. The molecule has 0 aromatic heterocycles. The molecule has 0 saturated heterocycles. The predicted molar refractivity (Wildman–Crippen MR) is 73.1 cm³/mol. The summed E-state index contributed by atoms with van der Waals surface area (Å²) in [4.78, 5) is 22.2. The maximum Gasteiger partial charge on any atom is 0.335 e. The van der Waals surface area contributed by atoms with Gasteiger partial charge in [0, 0.05) is 6.54 Å². The second-order valence-corrected chi connectivity index (χ2v) is 4.86. The minimum Gasteiger partial charge on any atom is -0.478 e. The van der Waals surface area contributed by atoms with E-state index in [1.807, 2.05) is 6.26 Å². The Hall–Kier alpha value is -1.49. The van der Waals surface area contributed by atoms with Gasteiger partial charge in [0.05, 0.1) is 12.0 Å². The predicted octanol–water partition coefficient (Wildman–Crippen LogP) is 1.80. The number of benzene rings is 1. The van der Waals surface area contributed by atoms with Gasteiger partial charge < -0.3 is 10.4 Å². The van der Waals surface area contributed by atoms with Crippen molar-refractivity contribution in [3.8, 4) is 0 Å². The molecule has 0 aliphatic rings. The number of carboxylic acid groups (broad SMARTS) is 1. The maximum absolute atomic E-state index is 11.6.